The van der Waals surface area contributed by atoms with Crippen LogP contribution in [0.3, 0.4) is 0 Å². The van der Waals surface area contributed by atoms with Crippen molar-refractivity contribution in [3.63, 3.8) is 0 Å². The topological polar surface area (TPSA) is 149 Å². The molecule has 0 radical (unpaired) electrons. The number of aliphatic hydroxyl groups is 4. The Morgan fingerprint density at radius 2 is 1.00 bits per heavy atom. The first-order chi connectivity index (χ1) is 19.3. The van der Waals surface area contributed by atoms with Gasteiger partial charge < -0.3 is 40.5 Å². The van der Waals surface area contributed by atoms with Gasteiger partial charge in [-0.25, -0.2) is 0 Å². The summed E-state index contributed by atoms with van der Waals surface area (Å²) in [4.78, 5) is 8.71. The van der Waals surface area contributed by atoms with E-state index in [-0.39, 0.29) is 31.7 Å². The second-order valence-electron chi connectivity index (χ2n) is 10.3. The number of aromatic nitrogens is 2. The molecule has 2 aromatic carbocycles. The first-order valence-corrected chi connectivity index (χ1v) is 13.5. The van der Waals surface area contributed by atoms with Crippen molar-refractivity contribution in [1.82, 2.24) is 9.97 Å². The van der Waals surface area contributed by atoms with Crippen LogP contribution < -0.4 is 10.6 Å². The minimum atomic E-state index is -0.750. The van der Waals surface area contributed by atoms with E-state index in [2.05, 4.69) is 20.6 Å². The van der Waals surface area contributed by atoms with Crippen LogP contribution in [0.1, 0.15) is 26.7 Å². The average Bonchev–Trinajstić information content (AvgIpc) is 2.95. The summed E-state index contributed by atoms with van der Waals surface area (Å²) < 4.78 is 11.2. The van der Waals surface area contributed by atoms with Gasteiger partial charge in [-0.15, -0.1) is 0 Å². The van der Waals surface area contributed by atoms with Crippen LogP contribution in [0.2, 0.25) is 0 Å². The van der Waals surface area contributed by atoms with E-state index in [0.29, 0.717) is 12.8 Å². The van der Waals surface area contributed by atoms with Gasteiger partial charge in [-0.1, -0.05) is 36.4 Å². The number of hydrogen-bond donors (Lipinski definition) is 6. The third-order valence-corrected chi connectivity index (χ3v) is 7.33. The molecule has 11 heteroatoms. The first-order valence-electron chi connectivity index (χ1n) is 13.5. The van der Waals surface area contributed by atoms with Crippen molar-refractivity contribution in [3.8, 4) is 0 Å². The Kier molecular flexibility index (Phi) is 10.6. The summed E-state index contributed by atoms with van der Waals surface area (Å²) in [6.45, 7) is 3.60. The van der Waals surface area contributed by atoms with Crippen LogP contribution in [-0.2, 0) is 29.0 Å². The number of benzene rings is 2. The summed E-state index contributed by atoms with van der Waals surface area (Å²) >= 11 is 0. The zero-order valence-electron chi connectivity index (χ0n) is 23.2. The number of ether oxygens (including phenoxy) is 2. The molecule has 2 aliphatic heterocycles. The molecule has 4 heterocycles. The van der Waals surface area contributed by atoms with E-state index >= 15 is 0 Å². The summed E-state index contributed by atoms with van der Waals surface area (Å²) in [7, 11) is 0. The summed E-state index contributed by atoms with van der Waals surface area (Å²) in [6, 6.07) is 19.4. The van der Waals surface area contributed by atoms with E-state index in [1.807, 2.05) is 60.7 Å². The van der Waals surface area contributed by atoms with E-state index in [1.165, 1.54) is 0 Å². The maximum Gasteiger partial charge on any atom is 0.154 e. The van der Waals surface area contributed by atoms with Crippen LogP contribution in [0.4, 0.5) is 11.4 Å². The largest absolute Gasteiger partial charge is 0.390 e. The minimum Gasteiger partial charge on any atom is -0.390 e. The molecule has 6 rings (SSSR count). The van der Waals surface area contributed by atoms with Gasteiger partial charge in [0.1, 0.15) is 12.2 Å². The molecule has 0 amide bonds. The third-order valence-electron chi connectivity index (χ3n) is 7.33. The summed E-state index contributed by atoms with van der Waals surface area (Å²) in [6.07, 6.45) is -0.383. The normalized spacial score (nSPS) is 29.6. The monoisotopic (exact) mass is 612 g/mol. The van der Waals surface area contributed by atoms with Gasteiger partial charge in [0.2, 0.25) is 0 Å². The molecular weight excluding hydrogens is 578 g/mol. The molecule has 2 aromatic heterocycles. The first kappa shape index (κ1) is 31.2. The number of rotatable bonds is 4. The Balaban J connectivity index is 0.000000184. The quantitative estimate of drug-likeness (QED) is 0.190. The van der Waals surface area contributed by atoms with Gasteiger partial charge in [0.25, 0.3) is 0 Å². The van der Waals surface area contributed by atoms with Crippen molar-refractivity contribution in [1.29, 1.82) is 0 Å². The van der Waals surface area contributed by atoms with Crippen molar-refractivity contribution >= 4 is 33.2 Å². The fourth-order valence-electron chi connectivity index (χ4n) is 4.96. The van der Waals surface area contributed by atoms with Crippen LogP contribution in [0.5, 0.6) is 0 Å². The Morgan fingerprint density at radius 3 is 1.41 bits per heavy atom. The molecule has 41 heavy (non-hydrogen) atoms. The number of fused-ring (bicyclic) bond motifs is 2. The van der Waals surface area contributed by atoms with Crippen LogP contribution in [0.15, 0.2) is 73.1 Å². The maximum absolute atomic E-state index is 10.0. The molecule has 8 atom stereocenters. The van der Waals surface area contributed by atoms with E-state index in [9.17, 15) is 20.4 Å². The van der Waals surface area contributed by atoms with Crippen molar-refractivity contribution in [3.05, 3.63) is 73.1 Å². The van der Waals surface area contributed by atoms with Gasteiger partial charge >= 0.3 is 0 Å². The van der Waals surface area contributed by atoms with Crippen molar-refractivity contribution in [2.45, 2.75) is 75.8 Å². The zero-order chi connectivity index (χ0) is 28.2. The molecule has 214 valence electrons. The Labute approximate surface area is 251 Å². The molecule has 0 saturated carbocycles. The molecule has 2 aliphatic rings. The Morgan fingerprint density at radius 1 is 0.610 bits per heavy atom. The minimum absolute atomic E-state index is 0. The predicted octanol–water partition coefficient (Wildman–Crippen LogP) is 3.00. The molecule has 0 spiro atoms. The van der Waals surface area contributed by atoms with Crippen LogP contribution in [0, 0.1) is 0 Å². The summed E-state index contributed by atoms with van der Waals surface area (Å²) in [5.74, 6) is 0. The smallest absolute Gasteiger partial charge is 0.154 e. The molecule has 0 aliphatic carbocycles. The predicted molar refractivity (Wildman–Crippen MR) is 153 cm³/mol. The Bertz CT molecular complexity index is 1310. The Hall–Kier alpha value is -2.76. The van der Waals surface area contributed by atoms with Gasteiger partial charge in [0, 0.05) is 55.5 Å². The zero-order valence-corrected chi connectivity index (χ0v) is 26.1. The van der Waals surface area contributed by atoms with E-state index in [4.69, 9.17) is 9.47 Å². The van der Waals surface area contributed by atoms with E-state index in [1.54, 1.807) is 26.2 Å². The van der Waals surface area contributed by atoms with Crippen LogP contribution in [0.25, 0.3) is 21.8 Å². The second kappa shape index (κ2) is 13.9. The molecule has 6 N–H and O–H groups in total. The SMILES string of the molecule is C[C@H]1OC(Nc2cccc3cccnc23)[C@H](O)C[C@@H]1O.C[C@H]1OC(Nc2cccc3cccnc23)[C@H](O)C[C@@H]1O.[Zn]. The summed E-state index contributed by atoms with van der Waals surface area (Å²) in [5.41, 5.74) is 3.31. The van der Waals surface area contributed by atoms with Crippen LogP contribution >= 0.6 is 0 Å². The fraction of sp³-hybridized carbons (Fsp3) is 0.400. The molecule has 2 saturated heterocycles. The van der Waals surface area contributed by atoms with E-state index < -0.39 is 36.9 Å². The molecule has 2 fully saturated rings. The number of para-hydroxylation sites is 2. The molecular formula is C30H36N4O6Zn. The van der Waals surface area contributed by atoms with Crippen molar-refractivity contribution in [2.75, 3.05) is 10.6 Å². The number of anilines is 2. The number of nitrogens with one attached hydrogen (secondary N) is 2. The second-order valence-corrected chi connectivity index (χ2v) is 10.3. The number of aliphatic hydroxyl groups excluding tert-OH is 4. The van der Waals surface area contributed by atoms with Crippen molar-refractivity contribution < 1.29 is 49.4 Å². The van der Waals surface area contributed by atoms with Gasteiger partial charge in [0.05, 0.1) is 46.8 Å². The molecule has 0 bridgehead atoms. The standard InChI is InChI=1S/2C15H18N2O3.Zn/c2*1-9-12(18)8-13(19)15(20-9)17-11-6-2-4-10-5-3-7-16-14(10)11;/h2*2-7,9,12-13,15,17-19H,8H2,1H3;/t2*9-,12+,13-,15?;/m11./s1. The maximum atomic E-state index is 10.0. The average molecular weight is 614 g/mol. The van der Waals surface area contributed by atoms with Gasteiger partial charge in [-0.05, 0) is 38.1 Å². The van der Waals surface area contributed by atoms with Crippen molar-refractivity contribution in [2.24, 2.45) is 0 Å². The summed E-state index contributed by atoms with van der Waals surface area (Å²) in [5, 5.41) is 47.8. The van der Waals surface area contributed by atoms with Crippen LogP contribution in [-0.4, -0.2) is 79.5 Å². The third kappa shape index (κ3) is 7.37. The molecule has 2 unspecified atom stereocenters. The van der Waals surface area contributed by atoms with Gasteiger partial charge in [-0.3, -0.25) is 9.97 Å². The number of pyridine rings is 2. The number of hydrogen-bond acceptors (Lipinski definition) is 10. The van der Waals surface area contributed by atoms with Gasteiger partial charge in [-0.2, -0.15) is 0 Å². The number of nitrogens with zero attached hydrogens (tertiary/aromatic N) is 2. The van der Waals surface area contributed by atoms with Gasteiger partial charge in [0.15, 0.2) is 12.5 Å². The van der Waals surface area contributed by atoms with E-state index in [0.717, 1.165) is 33.2 Å². The molecule has 10 nitrogen and oxygen atoms in total. The molecule has 4 aromatic rings. The fourth-order valence-corrected chi connectivity index (χ4v) is 4.96.